The van der Waals surface area contributed by atoms with E-state index in [4.69, 9.17) is 19.0 Å². The molecule has 4 rings (SSSR count). The fraction of sp³-hybridized carbons (Fsp3) is 0.450. The zero-order valence-electron chi connectivity index (χ0n) is 16.3. The Kier molecular flexibility index (Phi) is 5.68. The van der Waals surface area contributed by atoms with E-state index < -0.39 is 0 Å². The number of thioether (sulfide) groups is 1. The topological polar surface area (TPSA) is 75.2 Å². The minimum absolute atomic E-state index is 0.273. The first-order chi connectivity index (χ1) is 13.6. The lowest BCUT2D eigenvalue weighted by molar-refractivity contribution is 0.0945. The summed E-state index contributed by atoms with van der Waals surface area (Å²) in [5, 5.41) is 5.06. The molecular formula is C20H24N4O3S. The number of rotatable bonds is 7. The van der Waals surface area contributed by atoms with Crippen molar-refractivity contribution in [1.82, 2.24) is 19.7 Å². The highest BCUT2D eigenvalue weighted by atomic mass is 32.2. The third-order valence-corrected chi connectivity index (χ3v) is 5.91. The van der Waals surface area contributed by atoms with Crippen molar-refractivity contribution in [3.8, 4) is 17.1 Å². The Morgan fingerprint density at radius 1 is 1.29 bits per heavy atom. The number of hydrogen-bond donors (Lipinski definition) is 0. The van der Waals surface area contributed by atoms with Gasteiger partial charge in [-0.2, -0.15) is 4.98 Å². The Hall–Kier alpha value is -2.32. The van der Waals surface area contributed by atoms with Gasteiger partial charge in [-0.05, 0) is 38.8 Å². The Bertz CT molecular complexity index is 947. The van der Waals surface area contributed by atoms with Gasteiger partial charge >= 0.3 is 0 Å². The van der Waals surface area contributed by atoms with E-state index >= 15 is 0 Å². The number of aryl methyl sites for hydroxylation is 1. The molecule has 0 saturated carbocycles. The lowest BCUT2D eigenvalue weighted by Gasteiger charge is -2.14. The summed E-state index contributed by atoms with van der Waals surface area (Å²) in [5.41, 5.74) is 3.09. The van der Waals surface area contributed by atoms with Crippen molar-refractivity contribution in [2.24, 2.45) is 0 Å². The van der Waals surface area contributed by atoms with Gasteiger partial charge in [0, 0.05) is 17.9 Å². The predicted molar refractivity (Wildman–Crippen MR) is 107 cm³/mol. The molecule has 1 aliphatic heterocycles. The second-order valence-corrected chi connectivity index (χ2v) is 7.79. The van der Waals surface area contributed by atoms with Crippen LogP contribution in [0.25, 0.3) is 11.4 Å². The molecule has 28 heavy (non-hydrogen) atoms. The van der Waals surface area contributed by atoms with E-state index in [1.807, 2.05) is 31.2 Å². The average Bonchev–Trinajstić information content (AvgIpc) is 3.45. The molecular weight excluding hydrogens is 376 g/mol. The molecule has 2 aromatic heterocycles. The van der Waals surface area contributed by atoms with Crippen LogP contribution in [0.3, 0.4) is 0 Å². The summed E-state index contributed by atoms with van der Waals surface area (Å²) in [6.45, 7) is 5.84. The van der Waals surface area contributed by atoms with Gasteiger partial charge in [-0.25, -0.2) is 4.98 Å². The SMILES string of the molecule is COc1cccc(-c2noc(CSc3nc(C)c(C)n3CC3CCCO3)n2)c1. The smallest absolute Gasteiger partial charge is 0.237 e. The van der Waals surface area contributed by atoms with Crippen LogP contribution in [0, 0.1) is 13.8 Å². The number of benzene rings is 1. The zero-order valence-corrected chi connectivity index (χ0v) is 17.2. The summed E-state index contributed by atoms with van der Waals surface area (Å²) in [7, 11) is 1.64. The van der Waals surface area contributed by atoms with Crippen molar-refractivity contribution in [3.63, 3.8) is 0 Å². The van der Waals surface area contributed by atoms with Gasteiger partial charge in [-0.3, -0.25) is 0 Å². The molecule has 3 heterocycles. The van der Waals surface area contributed by atoms with Crippen molar-refractivity contribution in [1.29, 1.82) is 0 Å². The molecule has 0 amide bonds. The number of hydrogen-bond acceptors (Lipinski definition) is 7. The van der Waals surface area contributed by atoms with Gasteiger partial charge in [-0.15, -0.1) is 0 Å². The molecule has 1 atom stereocenters. The molecule has 0 spiro atoms. The Morgan fingerprint density at radius 2 is 2.18 bits per heavy atom. The fourth-order valence-electron chi connectivity index (χ4n) is 3.26. The van der Waals surface area contributed by atoms with Gasteiger partial charge in [0.1, 0.15) is 5.75 Å². The molecule has 0 aliphatic carbocycles. The highest BCUT2D eigenvalue weighted by Gasteiger charge is 2.21. The largest absolute Gasteiger partial charge is 0.497 e. The molecule has 0 bridgehead atoms. The molecule has 1 aromatic carbocycles. The van der Waals surface area contributed by atoms with E-state index in [0.29, 0.717) is 17.5 Å². The van der Waals surface area contributed by atoms with Gasteiger partial charge in [-0.1, -0.05) is 29.1 Å². The van der Waals surface area contributed by atoms with E-state index in [0.717, 1.165) is 48.2 Å². The summed E-state index contributed by atoms with van der Waals surface area (Å²) < 4.78 is 18.7. The van der Waals surface area contributed by atoms with E-state index in [1.165, 1.54) is 5.69 Å². The van der Waals surface area contributed by atoms with Gasteiger partial charge < -0.3 is 18.6 Å². The third kappa shape index (κ3) is 4.07. The highest BCUT2D eigenvalue weighted by molar-refractivity contribution is 7.98. The van der Waals surface area contributed by atoms with Gasteiger partial charge in [0.05, 0.1) is 31.2 Å². The Balaban J connectivity index is 1.46. The summed E-state index contributed by atoms with van der Waals surface area (Å²) in [6, 6.07) is 7.62. The monoisotopic (exact) mass is 400 g/mol. The maximum absolute atomic E-state index is 5.80. The van der Waals surface area contributed by atoms with Crippen LogP contribution in [0.1, 0.15) is 30.1 Å². The first-order valence-corrected chi connectivity index (χ1v) is 10.4. The van der Waals surface area contributed by atoms with Gasteiger partial charge in [0.2, 0.25) is 11.7 Å². The van der Waals surface area contributed by atoms with Crippen LogP contribution in [-0.4, -0.2) is 39.5 Å². The molecule has 148 valence electrons. The lowest BCUT2D eigenvalue weighted by atomic mass is 10.2. The van der Waals surface area contributed by atoms with Crippen LogP contribution in [0.5, 0.6) is 5.75 Å². The van der Waals surface area contributed by atoms with Crippen LogP contribution in [-0.2, 0) is 17.0 Å². The van der Waals surface area contributed by atoms with Gasteiger partial charge in [0.15, 0.2) is 5.16 Å². The Labute approximate surface area is 168 Å². The first kappa shape index (κ1) is 19.0. The molecule has 8 heteroatoms. The van der Waals surface area contributed by atoms with E-state index in [1.54, 1.807) is 18.9 Å². The quantitative estimate of drug-likeness (QED) is 0.554. The minimum atomic E-state index is 0.273. The lowest BCUT2D eigenvalue weighted by Crippen LogP contribution is -2.16. The van der Waals surface area contributed by atoms with E-state index in [9.17, 15) is 0 Å². The first-order valence-electron chi connectivity index (χ1n) is 9.39. The average molecular weight is 401 g/mol. The minimum Gasteiger partial charge on any atom is -0.497 e. The summed E-state index contributed by atoms with van der Waals surface area (Å²) in [4.78, 5) is 9.24. The molecule has 1 unspecified atom stereocenters. The fourth-order valence-corrected chi connectivity index (χ4v) is 4.20. The van der Waals surface area contributed by atoms with Crippen molar-refractivity contribution in [2.75, 3.05) is 13.7 Å². The number of nitrogens with zero attached hydrogens (tertiary/aromatic N) is 4. The standard InChI is InChI=1S/C20H24N4O3S/c1-13-14(2)24(11-17-8-5-9-26-17)20(21-13)28-12-18-22-19(23-27-18)15-6-4-7-16(10-15)25-3/h4,6-7,10,17H,5,8-9,11-12H2,1-3H3. The molecule has 7 nitrogen and oxygen atoms in total. The third-order valence-electron chi connectivity index (χ3n) is 4.95. The molecule has 1 fully saturated rings. The number of ether oxygens (including phenoxy) is 2. The number of imidazole rings is 1. The molecule has 0 N–H and O–H groups in total. The van der Waals surface area contributed by atoms with Crippen LogP contribution in [0.4, 0.5) is 0 Å². The molecule has 3 aromatic rings. The zero-order chi connectivity index (χ0) is 19.5. The van der Waals surface area contributed by atoms with Crippen LogP contribution in [0.2, 0.25) is 0 Å². The Morgan fingerprint density at radius 3 is 2.96 bits per heavy atom. The van der Waals surface area contributed by atoms with Gasteiger partial charge in [0.25, 0.3) is 0 Å². The maximum Gasteiger partial charge on any atom is 0.237 e. The summed E-state index contributed by atoms with van der Waals surface area (Å²) in [6.07, 6.45) is 2.51. The van der Waals surface area contributed by atoms with Crippen molar-refractivity contribution >= 4 is 11.8 Å². The normalized spacial score (nSPS) is 16.6. The molecule has 1 saturated heterocycles. The number of aromatic nitrogens is 4. The second kappa shape index (κ2) is 8.36. The highest BCUT2D eigenvalue weighted by Crippen LogP contribution is 2.27. The van der Waals surface area contributed by atoms with Crippen LogP contribution < -0.4 is 4.74 Å². The predicted octanol–water partition coefficient (Wildman–Crippen LogP) is 4.03. The van der Waals surface area contributed by atoms with Crippen LogP contribution >= 0.6 is 11.8 Å². The molecule has 1 aliphatic rings. The summed E-state index contributed by atoms with van der Waals surface area (Å²) >= 11 is 1.61. The summed E-state index contributed by atoms with van der Waals surface area (Å²) in [5.74, 6) is 2.47. The van der Waals surface area contributed by atoms with E-state index in [2.05, 4.69) is 21.6 Å². The van der Waals surface area contributed by atoms with Crippen molar-refractivity contribution in [2.45, 2.75) is 50.2 Å². The number of methoxy groups -OCH3 is 1. The second-order valence-electron chi connectivity index (χ2n) is 6.84. The molecule has 0 radical (unpaired) electrons. The van der Waals surface area contributed by atoms with Crippen molar-refractivity contribution < 1.29 is 14.0 Å². The van der Waals surface area contributed by atoms with Crippen molar-refractivity contribution in [3.05, 3.63) is 41.5 Å². The maximum atomic E-state index is 5.80. The van der Waals surface area contributed by atoms with Crippen LogP contribution in [0.15, 0.2) is 33.9 Å². The van der Waals surface area contributed by atoms with E-state index in [-0.39, 0.29) is 6.10 Å².